The molecular weight excluding hydrogens is 338 g/mol. The number of anilines is 1. The van der Waals surface area contributed by atoms with Crippen LogP contribution in [0.1, 0.15) is 28.8 Å². The Hall–Kier alpha value is -1.46. The summed E-state index contributed by atoms with van der Waals surface area (Å²) in [6, 6.07) is 9.09. The molecule has 1 aliphatic rings. The van der Waals surface area contributed by atoms with Crippen LogP contribution in [0, 0.1) is 0 Å². The summed E-state index contributed by atoms with van der Waals surface area (Å²) >= 11 is 4.85. The van der Waals surface area contributed by atoms with E-state index >= 15 is 0 Å². The molecular formula is C15H12BrNO2S. The van der Waals surface area contributed by atoms with Crippen molar-refractivity contribution in [1.82, 2.24) is 0 Å². The third-order valence-electron chi connectivity index (χ3n) is 3.34. The van der Waals surface area contributed by atoms with Crippen LogP contribution in [-0.2, 0) is 4.79 Å². The Morgan fingerprint density at radius 3 is 2.50 bits per heavy atom. The molecule has 1 aliphatic heterocycles. The first kappa shape index (κ1) is 13.5. The fourth-order valence-electron chi connectivity index (χ4n) is 2.31. The van der Waals surface area contributed by atoms with Gasteiger partial charge < -0.3 is 4.90 Å². The van der Waals surface area contributed by atoms with Gasteiger partial charge in [-0.2, -0.15) is 0 Å². The van der Waals surface area contributed by atoms with Crippen molar-refractivity contribution in [2.75, 3.05) is 11.4 Å². The predicted molar refractivity (Wildman–Crippen MR) is 83.5 cm³/mol. The SMILES string of the molecule is O=C(c1ccc(N2CCCC2=O)cc1)c1csc(Br)c1. The molecule has 20 heavy (non-hydrogen) atoms. The molecule has 102 valence electrons. The summed E-state index contributed by atoms with van der Waals surface area (Å²) in [5.41, 5.74) is 2.20. The van der Waals surface area contributed by atoms with Crippen LogP contribution in [0.25, 0.3) is 0 Å². The van der Waals surface area contributed by atoms with Crippen molar-refractivity contribution in [3.63, 3.8) is 0 Å². The Morgan fingerprint density at radius 2 is 1.95 bits per heavy atom. The lowest BCUT2D eigenvalue weighted by Crippen LogP contribution is -2.23. The molecule has 0 saturated carbocycles. The van der Waals surface area contributed by atoms with Crippen LogP contribution in [0.3, 0.4) is 0 Å². The quantitative estimate of drug-likeness (QED) is 0.788. The van der Waals surface area contributed by atoms with Crippen molar-refractivity contribution in [2.24, 2.45) is 0 Å². The zero-order chi connectivity index (χ0) is 14.1. The molecule has 0 spiro atoms. The fourth-order valence-corrected chi connectivity index (χ4v) is 3.45. The molecule has 5 heteroatoms. The minimum absolute atomic E-state index is 0.00579. The molecule has 2 aromatic rings. The maximum atomic E-state index is 12.3. The van der Waals surface area contributed by atoms with Crippen LogP contribution >= 0.6 is 27.3 Å². The number of rotatable bonds is 3. The summed E-state index contributed by atoms with van der Waals surface area (Å²) in [5.74, 6) is 0.164. The predicted octanol–water partition coefficient (Wildman–Crippen LogP) is 3.87. The number of ketones is 1. The highest BCUT2D eigenvalue weighted by atomic mass is 79.9. The van der Waals surface area contributed by atoms with E-state index in [0.29, 0.717) is 17.5 Å². The largest absolute Gasteiger partial charge is 0.312 e. The van der Waals surface area contributed by atoms with Gasteiger partial charge in [0.1, 0.15) is 0 Å². The van der Waals surface area contributed by atoms with E-state index in [0.717, 1.165) is 22.4 Å². The smallest absolute Gasteiger partial charge is 0.227 e. The number of amides is 1. The van der Waals surface area contributed by atoms with Crippen LogP contribution in [0.15, 0.2) is 39.5 Å². The normalized spacial score (nSPS) is 14.8. The number of hydrogen-bond acceptors (Lipinski definition) is 3. The monoisotopic (exact) mass is 349 g/mol. The second-order valence-electron chi connectivity index (χ2n) is 4.66. The third kappa shape index (κ3) is 2.55. The van der Waals surface area contributed by atoms with Crippen molar-refractivity contribution in [2.45, 2.75) is 12.8 Å². The number of benzene rings is 1. The van der Waals surface area contributed by atoms with Gasteiger partial charge in [0.2, 0.25) is 5.91 Å². The highest BCUT2D eigenvalue weighted by Crippen LogP contribution is 2.25. The van der Waals surface area contributed by atoms with Crippen LogP contribution in [0.4, 0.5) is 5.69 Å². The van der Waals surface area contributed by atoms with E-state index in [1.54, 1.807) is 17.0 Å². The van der Waals surface area contributed by atoms with E-state index in [9.17, 15) is 9.59 Å². The summed E-state index contributed by atoms with van der Waals surface area (Å²) in [6.45, 7) is 0.767. The number of carbonyl (C=O) groups is 2. The fraction of sp³-hybridized carbons (Fsp3) is 0.200. The van der Waals surface area contributed by atoms with Gasteiger partial charge in [-0.05, 0) is 52.7 Å². The van der Waals surface area contributed by atoms with E-state index in [-0.39, 0.29) is 11.7 Å². The highest BCUT2D eigenvalue weighted by molar-refractivity contribution is 9.11. The number of carbonyl (C=O) groups excluding carboxylic acids is 2. The molecule has 0 N–H and O–H groups in total. The first-order valence-electron chi connectivity index (χ1n) is 6.34. The molecule has 0 unspecified atom stereocenters. The molecule has 1 aromatic carbocycles. The second kappa shape index (κ2) is 5.50. The molecule has 0 atom stereocenters. The maximum absolute atomic E-state index is 12.3. The molecule has 1 fully saturated rings. The Balaban J connectivity index is 1.82. The maximum Gasteiger partial charge on any atom is 0.227 e. The van der Waals surface area contributed by atoms with Gasteiger partial charge in [0.25, 0.3) is 0 Å². The summed E-state index contributed by atoms with van der Waals surface area (Å²) in [5, 5.41) is 1.84. The van der Waals surface area contributed by atoms with Gasteiger partial charge in [0.15, 0.2) is 5.78 Å². The highest BCUT2D eigenvalue weighted by Gasteiger charge is 2.21. The van der Waals surface area contributed by atoms with Crippen molar-refractivity contribution < 1.29 is 9.59 Å². The van der Waals surface area contributed by atoms with Gasteiger partial charge in [-0.25, -0.2) is 0 Å². The Labute approximate surface area is 129 Å². The molecule has 1 aromatic heterocycles. The molecule has 0 bridgehead atoms. The van der Waals surface area contributed by atoms with Crippen molar-refractivity contribution >= 4 is 44.6 Å². The van der Waals surface area contributed by atoms with Gasteiger partial charge in [-0.15, -0.1) is 11.3 Å². The van der Waals surface area contributed by atoms with Crippen LogP contribution in [-0.4, -0.2) is 18.2 Å². The van der Waals surface area contributed by atoms with Gasteiger partial charge in [-0.1, -0.05) is 0 Å². The van der Waals surface area contributed by atoms with Gasteiger partial charge in [0.05, 0.1) is 3.79 Å². The average Bonchev–Trinajstić information content (AvgIpc) is 3.07. The van der Waals surface area contributed by atoms with Crippen LogP contribution in [0.2, 0.25) is 0 Å². The molecule has 3 nitrogen and oxygen atoms in total. The molecule has 0 radical (unpaired) electrons. The van der Waals surface area contributed by atoms with E-state index in [4.69, 9.17) is 0 Å². The zero-order valence-corrected chi connectivity index (χ0v) is 13.0. The van der Waals surface area contributed by atoms with Crippen molar-refractivity contribution in [1.29, 1.82) is 0 Å². The lowest BCUT2D eigenvalue weighted by atomic mass is 10.1. The second-order valence-corrected chi connectivity index (χ2v) is 6.95. The van der Waals surface area contributed by atoms with E-state index in [1.807, 2.05) is 23.6 Å². The van der Waals surface area contributed by atoms with Crippen LogP contribution in [0.5, 0.6) is 0 Å². The Morgan fingerprint density at radius 1 is 1.20 bits per heavy atom. The molecule has 1 saturated heterocycles. The lowest BCUT2D eigenvalue weighted by Gasteiger charge is -2.15. The number of nitrogens with zero attached hydrogens (tertiary/aromatic N) is 1. The van der Waals surface area contributed by atoms with Crippen LogP contribution < -0.4 is 4.90 Å². The van der Waals surface area contributed by atoms with E-state index in [2.05, 4.69) is 15.9 Å². The first-order valence-corrected chi connectivity index (χ1v) is 8.01. The van der Waals surface area contributed by atoms with Crippen molar-refractivity contribution in [3.8, 4) is 0 Å². The molecule has 3 rings (SSSR count). The van der Waals surface area contributed by atoms with E-state index in [1.165, 1.54) is 11.3 Å². The minimum atomic E-state index is 0.00579. The average molecular weight is 350 g/mol. The summed E-state index contributed by atoms with van der Waals surface area (Å²) in [6.07, 6.45) is 1.52. The molecule has 2 heterocycles. The van der Waals surface area contributed by atoms with Crippen molar-refractivity contribution in [3.05, 3.63) is 50.6 Å². The Bertz CT molecular complexity index is 663. The first-order chi connectivity index (χ1) is 9.65. The Kier molecular flexibility index (Phi) is 3.72. The number of hydrogen-bond donors (Lipinski definition) is 0. The summed E-state index contributed by atoms with van der Waals surface area (Å²) < 4.78 is 0.945. The third-order valence-corrected chi connectivity index (χ3v) is 4.85. The zero-order valence-electron chi connectivity index (χ0n) is 10.6. The number of thiophene rings is 1. The van der Waals surface area contributed by atoms with Gasteiger partial charge in [-0.3, -0.25) is 9.59 Å². The molecule has 0 aliphatic carbocycles. The standard InChI is InChI=1S/C15H12BrNO2S/c16-13-8-11(9-20-13)15(19)10-3-5-12(6-4-10)17-7-1-2-14(17)18/h3-6,8-9H,1-2,7H2. The van der Waals surface area contributed by atoms with Gasteiger partial charge >= 0.3 is 0 Å². The van der Waals surface area contributed by atoms with Gasteiger partial charge in [0, 0.05) is 35.2 Å². The summed E-state index contributed by atoms with van der Waals surface area (Å²) in [7, 11) is 0. The van der Waals surface area contributed by atoms with E-state index < -0.39 is 0 Å². The lowest BCUT2D eigenvalue weighted by molar-refractivity contribution is -0.117. The molecule has 1 amide bonds. The summed E-state index contributed by atoms with van der Waals surface area (Å²) in [4.78, 5) is 25.7. The number of halogens is 1. The minimum Gasteiger partial charge on any atom is -0.312 e. The topological polar surface area (TPSA) is 37.4 Å².